The fourth-order valence-electron chi connectivity index (χ4n) is 2.89. The van der Waals surface area contributed by atoms with E-state index in [0.29, 0.717) is 0 Å². The molecule has 1 heterocycles. The third-order valence-corrected chi connectivity index (χ3v) is 5.28. The minimum absolute atomic E-state index is 0.0432. The van der Waals surface area contributed by atoms with Crippen LogP contribution in [0.5, 0.6) is 0 Å². The number of carbonyl (C=O) groups excluding carboxylic acids is 2. The normalized spacial score (nSPS) is 13.4. The highest BCUT2D eigenvalue weighted by molar-refractivity contribution is 6.41. The standard InChI is InChI=1S/C21H33N7O6/c1-6-16(20(32)25-15(9-18(30)31)17(29)11-27(5)12(2)3)28-8-7-23-19(21(28)33)24-10-14(22)13(4)26-34/h7-8,12,15-16,22,34H,6,9-11H2,1-5H3,(H,23,24)(H,25,32)(H,30,31)/b22-14?,26-13-. The van der Waals surface area contributed by atoms with Gasteiger partial charge in [-0.25, -0.2) is 4.98 Å². The van der Waals surface area contributed by atoms with Gasteiger partial charge < -0.3 is 26.4 Å². The zero-order valence-electron chi connectivity index (χ0n) is 20.0. The van der Waals surface area contributed by atoms with E-state index in [9.17, 15) is 24.3 Å². The average molecular weight is 480 g/mol. The molecule has 5 N–H and O–H groups in total. The number of carboxylic acids is 1. The van der Waals surface area contributed by atoms with Crippen molar-refractivity contribution in [3.05, 3.63) is 22.7 Å². The number of hydrogen-bond donors (Lipinski definition) is 5. The van der Waals surface area contributed by atoms with Crippen LogP contribution in [0, 0.1) is 5.41 Å². The van der Waals surface area contributed by atoms with Gasteiger partial charge in [-0.3, -0.25) is 28.6 Å². The molecule has 1 aromatic rings. The summed E-state index contributed by atoms with van der Waals surface area (Å²) in [6.07, 6.45) is 2.21. The van der Waals surface area contributed by atoms with E-state index in [1.807, 2.05) is 13.8 Å². The number of anilines is 1. The monoisotopic (exact) mass is 479 g/mol. The van der Waals surface area contributed by atoms with Crippen molar-refractivity contribution in [1.29, 1.82) is 5.41 Å². The molecule has 0 saturated heterocycles. The zero-order chi connectivity index (χ0) is 26.0. The number of rotatable bonds is 14. The van der Waals surface area contributed by atoms with E-state index < -0.39 is 41.7 Å². The highest BCUT2D eigenvalue weighted by Crippen LogP contribution is 2.11. The summed E-state index contributed by atoms with van der Waals surface area (Å²) in [6.45, 7) is 6.67. The second-order valence-electron chi connectivity index (χ2n) is 8.06. The molecule has 1 amide bonds. The number of oxime groups is 1. The number of carboxylic acid groups (broad SMARTS) is 1. The molecule has 1 rings (SSSR count). The van der Waals surface area contributed by atoms with Crippen molar-refractivity contribution in [1.82, 2.24) is 19.8 Å². The summed E-state index contributed by atoms with van der Waals surface area (Å²) in [4.78, 5) is 55.5. The van der Waals surface area contributed by atoms with Gasteiger partial charge in [0.25, 0.3) is 5.56 Å². The molecule has 1 aromatic heterocycles. The zero-order valence-corrected chi connectivity index (χ0v) is 20.0. The van der Waals surface area contributed by atoms with Crippen molar-refractivity contribution >= 4 is 34.9 Å². The number of nitrogens with zero attached hydrogens (tertiary/aromatic N) is 4. The summed E-state index contributed by atoms with van der Waals surface area (Å²) >= 11 is 0. The SMILES string of the molecule is CCC(C(=O)NC(CC(=O)O)C(=O)CN(C)C(C)C)n1ccnc(NCC(=N)/C(C)=N\O)c1=O. The summed E-state index contributed by atoms with van der Waals surface area (Å²) in [6, 6.07) is -2.23. The maximum atomic E-state index is 13.0. The van der Waals surface area contributed by atoms with Crippen molar-refractivity contribution in [2.45, 2.75) is 58.7 Å². The number of nitrogens with one attached hydrogen (secondary N) is 3. The Bertz CT molecular complexity index is 988. The summed E-state index contributed by atoms with van der Waals surface area (Å²) in [7, 11) is 1.72. The molecule has 0 spiro atoms. The quantitative estimate of drug-likeness (QED) is 0.142. The minimum atomic E-state index is -1.25. The van der Waals surface area contributed by atoms with E-state index in [1.54, 1.807) is 18.9 Å². The number of aliphatic carboxylic acids is 1. The lowest BCUT2D eigenvalue weighted by atomic mass is 10.1. The summed E-state index contributed by atoms with van der Waals surface area (Å²) in [5, 5.41) is 33.8. The lowest BCUT2D eigenvalue weighted by Crippen LogP contribution is -2.49. The Morgan fingerprint density at radius 2 is 1.97 bits per heavy atom. The lowest BCUT2D eigenvalue weighted by Gasteiger charge is -2.25. The molecule has 0 aromatic carbocycles. The molecule has 0 aliphatic heterocycles. The van der Waals surface area contributed by atoms with Crippen molar-refractivity contribution in [2.75, 3.05) is 25.5 Å². The molecule has 2 unspecified atom stereocenters. The third kappa shape index (κ3) is 8.06. The number of amides is 1. The molecule has 0 saturated carbocycles. The van der Waals surface area contributed by atoms with Crippen LogP contribution in [0.2, 0.25) is 0 Å². The van der Waals surface area contributed by atoms with Crippen LogP contribution in [0.15, 0.2) is 22.3 Å². The van der Waals surface area contributed by atoms with Gasteiger partial charge in [0.15, 0.2) is 11.6 Å². The Morgan fingerprint density at radius 1 is 1.32 bits per heavy atom. The van der Waals surface area contributed by atoms with Gasteiger partial charge in [0.2, 0.25) is 5.91 Å². The molecule has 0 bridgehead atoms. The first kappa shape index (κ1) is 28.4. The van der Waals surface area contributed by atoms with E-state index in [0.717, 1.165) is 4.57 Å². The van der Waals surface area contributed by atoms with Crippen molar-refractivity contribution in [3.8, 4) is 0 Å². The lowest BCUT2D eigenvalue weighted by molar-refractivity contribution is -0.140. The Kier molecular flexibility index (Phi) is 11.0. The summed E-state index contributed by atoms with van der Waals surface area (Å²) < 4.78 is 1.13. The van der Waals surface area contributed by atoms with Gasteiger partial charge in [-0.1, -0.05) is 12.1 Å². The van der Waals surface area contributed by atoms with Crippen LogP contribution in [0.1, 0.15) is 46.6 Å². The van der Waals surface area contributed by atoms with E-state index in [4.69, 9.17) is 10.6 Å². The molecular formula is C21H33N7O6. The number of carbonyl (C=O) groups is 3. The van der Waals surface area contributed by atoms with Crippen LogP contribution in [0.25, 0.3) is 0 Å². The van der Waals surface area contributed by atoms with Gasteiger partial charge in [0.1, 0.15) is 6.04 Å². The first-order chi connectivity index (χ1) is 15.9. The molecule has 0 radical (unpaired) electrons. The fraction of sp³-hybridized carbons (Fsp3) is 0.571. The molecule has 34 heavy (non-hydrogen) atoms. The average Bonchev–Trinajstić information content (AvgIpc) is 2.78. The second-order valence-corrected chi connectivity index (χ2v) is 8.06. The van der Waals surface area contributed by atoms with Crippen LogP contribution < -0.4 is 16.2 Å². The molecule has 2 atom stereocenters. The highest BCUT2D eigenvalue weighted by Gasteiger charge is 2.29. The Balaban J connectivity index is 3.10. The van der Waals surface area contributed by atoms with E-state index in [2.05, 4.69) is 20.8 Å². The molecule has 0 aliphatic rings. The minimum Gasteiger partial charge on any atom is -0.481 e. The Labute approximate surface area is 197 Å². The van der Waals surface area contributed by atoms with Crippen LogP contribution in [-0.4, -0.2) is 86.1 Å². The van der Waals surface area contributed by atoms with Crippen LogP contribution >= 0.6 is 0 Å². The van der Waals surface area contributed by atoms with Crippen molar-refractivity contribution < 1.29 is 24.7 Å². The first-order valence-corrected chi connectivity index (χ1v) is 10.7. The maximum absolute atomic E-state index is 13.0. The van der Waals surface area contributed by atoms with Gasteiger partial charge >= 0.3 is 5.97 Å². The fourth-order valence-corrected chi connectivity index (χ4v) is 2.89. The van der Waals surface area contributed by atoms with Gasteiger partial charge in [-0.2, -0.15) is 0 Å². The van der Waals surface area contributed by atoms with Gasteiger partial charge in [0, 0.05) is 18.4 Å². The predicted molar refractivity (Wildman–Crippen MR) is 126 cm³/mol. The third-order valence-electron chi connectivity index (χ3n) is 5.28. The second kappa shape index (κ2) is 13.2. The van der Waals surface area contributed by atoms with Crippen molar-refractivity contribution in [2.24, 2.45) is 5.16 Å². The number of ketones is 1. The van der Waals surface area contributed by atoms with E-state index in [1.165, 1.54) is 19.3 Å². The highest BCUT2D eigenvalue weighted by atomic mass is 16.4. The summed E-state index contributed by atoms with van der Waals surface area (Å²) in [5.41, 5.74) is -0.645. The maximum Gasteiger partial charge on any atom is 0.305 e. The number of Topliss-reactive ketones (excluding diaryl/α,β-unsaturated/α-hetero) is 1. The van der Waals surface area contributed by atoms with Crippen LogP contribution in [-0.2, 0) is 14.4 Å². The number of likely N-dealkylation sites (N-methyl/N-ethyl adjacent to an activating group) is 1. The molecule has 13 nitrogen and oxygen atoms in total. The summed E-state index contributed by atoms with van der Waals surface area (Å²) in [5.74, 6) is -2.49. The Hall–Kier alpha value is -3.61. The number of hydrogen-bond acceptors (Lipinski definition) is 10. The van der Waals surface area contributed by atoms with Crippen molar-refractivity contribution in [3.63, 3.8) is 0 Å². The van der Waals surface area contributed by atoms with Crippen LogP contribution in [0.4, 0.5) is 5.82 Å². The Morgan fingerprint density at radius 3 is 2.50 bits per heavy atom. The van der Waals surface area contributed by atoms with E-state index >= 15 is 0 Å². The van der Waals surface area contributed by atoms with Gasteiger partial charge in [-0.05, 0) is 34.2 Å². The van der Waals surface area contributed by atoms with Gasteiger partial charge in [-0.15, -0.1) is 0 Å². The van der Waals surface area contributed by atoms with Gasteiger partial charge in [0.05, 0.1) is 37.0 Å². The first-order valence-electron chi connectivity index (χ1n) is 10.7. The van der Waals surface area contributed by atoms with E-state index in [-0.39, 0.29) is 42.8 Å². The molecule has 0 aliphatic carbocycles. The molecule has 0 fully saturated rings. The predicted octanol–water partition coefficient (Wildman–Crippen LogP) is 0.345. The smallest absolute Gasteiger partial charge is 0.305 e. The molecular weight excluding hydrogens is 446 g/mol. The largest absolute Gasteiger partial charge is 0.481 e. The topological polar surface area (TPSA) is 190 Å². The number of aromatic nitrogens is 2. The molecule has 188 valence electrons. The van der Waals surface area contributed by atoms with Crippen LogP contribution in [0.3, 0.4) is 0 Å². The molecule has 13 heteroatoms.